The average molecular weight is 302 g/mol. The fraction of sp³-hybridized carbons (Fsp3) is 0.267. The van der Waals surface area contributed by atoms with Crippen molar-refractivity contribution in [1.29, 1.82) is 0 Å². The van der Waals surface area contributed by atoms with E-state index in [1.165, 1.54) is 21.7 Å². The Balaban J connectivity index is 2.38. The molecule has 0 spiro atoms. The van der Waals surface area contributed by atoms with Gasteiger partial charge in [-0.1, -0.05) is 12.1 Å². The number of amides is 1. The lowest BCUT2D eigenvalue weighted by Crippen LogP contribution is -2.32. The second-order valence-corrected chi connectivity index (χ2v) is 5.23. The number of carbonyl (C=O) groups is 1. The summed E-state index contributed by atoms with van der Waals surface area (Å²) in [5.74, 6) is -0.394. The second kappa shape index (κ2) is 4.94. The van der Waals surface area contributed by atoms with E-state index >= 15 is 0 Å². The maximum Gasteiger partial charge on any atom is 0.294 e. The monoisotopic (exact) mass is 302 g/mol. The van der Waals surface area contributed by atoms with Crippen molar-refractivity contribution in [3.05, 3.63) is 52.1 Å². The molecule has 2 heterocycles. The minimum atomic E-state index is -0.510. The summed E-state index contributed by atoms with van der Waals surface area (Å²) in [7, 11) is 3.27. The van der Waals surface area contributed by atoms with Crippen LogP contribution in [0.4, 0.5) is 10.2 Å². The van der Waals surface area contributed by atoms with Crippen LogP contribution in [-0.4, -0.2) is 39.7 Å². The third kappa shape index (κ3) is 1.97. The molecule has 0 fully saturated rings. The van der Waals surface area contributed by atoms with E-state index < -0.39 is 5.82 Å². The van der Waals surface area contributed by atoms with Crippen LogP contribution in [0.25, 0.3) is 0 Å². The molecule has 3 rings (SSSR count). The number of anilines is 1. The van der Waals surface area contributed by atoms with Gasteiger partial charge in [0.2, 0.25) is 12.3 Å². The number of nitrogens with zero attached hydrogens (tertiary/aromatic N) is 4. The Labute approximate surface area is 126 Å². The lowest BCUT2D eigenvalue weighted by Gasteiger charge is -2.14. The van der Waals surface area contributed by atoms with Crippen LogP contribution in [0.15, 0.2) is 24.3 Å². The van der Waals surface area contributed by atoms with E-state index in [2.05, 4.69) is 5.10 Å². The number of halogens is 1. The summed E-state index contributed by atoms with van der Waals surface area (Å²) >= 11 is 0. The molecule has 0 aliphatic carbocycles. The summed E-state index contributed by atoms with van der Waals surface area (Å²) in [5, 5.41) is 16.7. The zero-order valence-corrected chi connectivity index (χ0v) is 12.5. The van der Waals surface area contributed by atoms with E-state index in [0.717, 1.165) is 0 Å². The van der Waals surface area contributed by atoms with Crippen molar-refractivity contribution in [3.8, 4) is 0 Å². The van der Waals surface area contributed by atoms with Crippen molar-refractivity contribution in [2.24, 2.45) is 7.05 Å². The standard InChI is InChI=1S/C15H15FN4O2/c1-9-13-14(10-6-4-5-7-11(10)16)20(22)8-12(21)18(2)15(13)19(3)17-9/h4-7H,8H2,1-3H3. The summed E-state index contributed by atoms with van der Waals surface area (Å²) in [5.41, 5.74) is 1.35. The summed E-state index contributed by atoms with van der Waals surface area (Å²) in [4.78, 5) is 13.5. The first-order chi connectivity index (χ1) is 10.4. The highest BCUT2D eigenvalue weighted by Gasteiger charge is 2.35. The number of aromatic nitrogens is 2. The molecule has 0 saturated carbocycles. The van der Waals surface area contributed by atoms with Crippen molar-refractivity contribution >= 4 is 17.4 Å². The number of benzene rings is 1. The van der Waals surface area contributed by atoms with Gasteiger partial charge in [0, 0.05) is 14.1 Å². The molecule has 2 aromatic rings. The molecule has 114 valence electrons. The van der Waals surface area contributed by atoms with E-state index in [1.54, 1.807) is 33.2 Å². The quantitative estimate of drug-likeness (QED) is 0.587. The van der Waals surface area contributed by atoms with Gasteiger partial charge in [0.05, 0.1) is 11.3 Å². The summed E-state index contributed by atoms with van der Waals surface area (Å²) in [6.07, 6.45) is 0. The molecular weight excluding hydrogens is 287 g/mol. The first kappa shape index (κ1) is 14.2. The van der Waals surface area contributed by atoms with Gasteiger partial charge in [0.15, 0.2) is 0 Å². The molecule has 0 unspecified atom stereocenters. The maximum atomic E-state index is 14.2. The number of likely N-dealkylation sites (N-methyl/N-ethyl adjacent to an activating group) is 1. The molecule has 1 amide bonds. The molecule has 1 aliphatic heterocycles. The number of hydrogen-bond donors (Lipinski definition) is 0. The first-order valence-electron chi connectivity index (χ1n) is 6.79. The highest BCUT2D eigenvalue weighted by atomic mass is 19.1. The molecule has 22 heavy (non-hydrogen) atoms. The second-order valence-electron chi connectivity index (χ2n) is 5.23. The predicted octanol–water partition coefficient (Wildman–Crippen LogP) is 1.19. The minimum absolute atomic E-state index is 0.136. The Bertz CT molecular complexity index is 810. The van der Waals surface area contributed by atoms with Gasteiger partial charge < -0.3 is 5.21 Å². The fourth-order valence-electron chi connectivity index (χ4n) is 2.78. The van der Waals surface area contributed by atoms with Gasteiger partial charge in [0.25, 0.3) is 5.91 Å². The Morgan fingerprint density at radius 3 is 2.68 bits per heavy atom. The smallest absolute Gasteiger partial charge is 0.294 e. The van der Waals surface area contributed by atoms with E-state index in [9.17, 15) is 14.4 Å². The third-order valence-corrected chi connectivity index (χ3v) is 3.78. The molecule has 0 atom stereocenters. The van der Waals surface area contributed by atoms with Crippen molar-refractivity contribution in [3.63, 3.8) is 0 Å². The van der Waals surface area contributed by atoms with Gasteiger partial charge in [-0.25, -0.2) is 4.39 Å². The molecule has 1 aromatic heterocycles. The van der Waals surface area contributed by atoms with Gasteiger partial charge in [0.1, 0.15) is 17.2 Å². The normalized spacial score (nSPS) is 15.1. The van der Waals surface area contributed by atoms with Crippen LogP contribution in [0.3, 0.4) is 0 Å². The van der Waals surface area contributed by atoms with E-state index in [4.69, 9.17) is 0 Å². The summed E-state index contributed by atoms with van der Waals surface area (Å²) in [6.45, 7) is 1.37. The third-order valence-electron chi connectivity index (χ3n) is 3.78. The van der Waals surface area contributed by atoms with Crippen LogP contribution in [0.5, 0.6) is 0 Å². The van der Waals surface area contributed by atoms with Gasteiger partial charge in [-0.15, -0.1) is 0 Å². The van der Waals surface area contributed by atoms with E-state index in [1.807, 2.05) is 0 Å². The SMILES string of the molecule is Cc1nn(C)c2c1C(c1ccccc1F)=[N+]([O-])CC(=O)N2C. The number of carbonyl (C=O) groups excluding carboxylic acids is 1. The number of hydrogen-bond acceptors (Lipinski definition) is 3. The lowest BCUT2D eigenvalue weighted by molar-refractivity contribution is -0.443. The largest absolute Gasteiger partial charge is 0.623 e. The molecule has 0 bridgehead atoms. The zero-order valence-electron chi connectivity index (χ0n) is 12.5. The van der Waals surface area contributed by atoms with Crippen molar-refractivity contribution in [1.82, 2.24) is 9.78 Å². The Morgan fingerprint density at radius 1 is 1.32 bits per heavy atom. The highest BCUT2D eigenvalue weighted by molar-refractivity contribution is 6.16. The topological polar surface area (TPSA) is 64.2 Å². The number of fused-ring (bicyclic) bond motifs is 1. The number of rotatable bonds is 1. The van der Waals surface area contributed by atoms with Gasteiger partial charge in [-0.2, -0.15) is 9.84 Å². The summed E-state index contributed by atoms with van der Waals surface area (Å²) in [6, 6.07) is 6.03. The molecule has 6 nitrogen and oxygen atoms in total. The van der Waals surface area contributed by atoms with Crippen molar-refractivity contribution in [2.75, 3.05) is 18.5 Å². The van der Waals surface area contributed by atoms with Gasteiger partial charge in [-0.3, -0.25) is 14.4 Å². The highest BCUT2D eigenvalue weighted by Crippen LogP contribution is 2.28. The van der Waals surface area contributed by atoms with Crippen LogP contribution in [0.1, 0.15) is 16.8 Å². The van der Waals surface area contributed by atoms with Crippen LogP contribution >= 0.6 is 0 Å². The number of hydroxylamine groups is 1. The number of aryl methyl sites for hydroxylation is 2. The Hall–Kier alpha value is -2.70. The first-order valence-corrected chi connectivity index (χ1v) is 6.79. The lowest BCUT2D eigenvalue weighted by atomic mass is 10.0. The molecular formula is C15H15FN4O2. The molecule has 7 heteroatoms. The summed E-state index contributed by atoms with van der Waals surface area (Å²) < 4.78 is 16.3. The van der Waals surface area contributed by atoms with Crippen LogP contribution in [0, 0.1) is 17.9 Å². The maximum absolute atomic E-state index is 14.2. The van der Waals surface area contributed by atoms with Crippen molar-refractivity contribution < 1.29 is 13.9 Å². The van der Waals surface area contributed by atoms with Crippen LogP contribution in [-0.2, 0) is 11.8 Å². The zero-order chi connectivity index (χ0) is 16.0. The Morgan fingerprint density at radius 2 is 2.00 bits per heavy atom. The van der Waals surface area contributed by atoms with E-state index in [-0.39, 0.29) is 23.7 Å². The minimum Gasteiger partial charge on any atom is -0.623 e. The fourth-order valence-corrected chi connectivity index (χ4v) is 2.78. The average Bonchev–Trinajstić information content (AvgIpc) is 2.69. The van der Waals surface area contributed by atoms with E-state index in [0.29, 0.717) is 21.8 Å². The Kier molecular flexibility index (Phi) is 3.20. The van der Waals surface area contributed by atoms with Gasteiger partial charge >= 0.3 is 0 Å². The van der Waals surface area contributed by atoms with Gasteiger partial charge in [-0.05, 0) is 19.1 Å². The van der Waals surface area contributed by atoms with Crippen molar-refractivity contribution in [2.45, 2.75) is 6.92 Å². The van der Waals surface area contributed by atoms with Crippen LogP contribution in [0.2, 0.25) is 0 Å². The molecule has 0 N–H and O–H groups in total. The predicted molar refractivity (Wildman–Crippen MR) is 79.5 cm³/mol. The van der Waals surface area contributed by atoms with Crippen LogP contribution < -0.4 is 4.90 Å². The molecule has 0 radical (unpaired) electrons. The molecule has 1 aromatic carbocycles. The molecule has 1 aliphatic rings. The molecule has 0 saturated heterocycles.